The van der Waals surface area contributed by atoms with Crippen LogP contribution >= 0.6 is 0 Å². The summed E-state index contributed by atoms with van der Waals surface area (Å²) in [5, 5.41) is 11.6. The van der Waals surface area contributed by atoms with Crippen molar-refractivity contribution in [3.8, 4) is 50.5 Å². The van der Waals surface area contributed by atoms with E-state index in [0.717, 1.165) is 56.3 Å². The molecule has 0 aliphatic rings. The maximum atomic E-state index is 11.6. The zero-order chi connectivity index (χ0) is 42.9. The van der Waals surface area contributed by atoms with Gasteiger partial charge >= 0.3 is 0 Å². The van der Waals surface area contributed by atoms with E-state index in [9.17, 15) is 5.11 Å². The van der Waals surface area contributed by atoms with E-state index in [2.05, 4.69) is 188 Å². The summed E-state index contributed by atoms with van der Waals surface area (Å²) in [6.07, 6.45) is 1.83. The average molecular weight is 992 g/mol. The standard InChI is InChI=1S/C57H54N3O.Pt/c1-55(2,3)44-25-22-40(23-26-44)42-35-51(59-52(36-42)50-31-24-41(37-53(50)61)39-17-11-9-12-18-39)43-33-47(56(4,5)6)38-49(34-43)60(54-21-15-16-32-58-54)48-29-27-46(28-30-48)57(7,8)45-19-13-10-14-20-45;/h9-33,35-38,61H,1-8H3;/q-1;. The summed E-state index contributed by atoms with van der Waals surface area (Å²) in [6, 6.07) is 62.8. The fourth-order valence-corrected chi connectivity index (χ4v) is 7.87. The van der Waals surface area contributed by atoms with Gasteiger partial charge in [-0.2, -0.15) is 0 Å². The Balaban J connectivity index is 0.00000578. The molecule has 8 rings (SSSR count). The van der Waals surface area contributed by atoms with E-state index in [-0.39, 0.29) is 43.1 Å². The van der Waals surface area contributed by atoms with Gasteiger partial charge in [-0.3, -0.25) is 4.98 Å². The van der Waals surface area contributed by atoms with Crippen molar-refractivity contribution in [2.24, 2.45) is 0 Å². The maximum absolute atomic E-state index is 11.6. The number of hydrogen-bond donors (Lipinski definition) is 1. The normalized spacial score (nSPS) is 11.8. The number of anilines is 3. The summed E-state index contributed by atoms with van der Waals surface area (Å²) in [5.74, 6) is 0.962. The van der Waals surface area contributed by atoms with Crippen LogP contribution in [0.1, 0.15) is 77.6 Å². The second kappa shape index (κ2) is 17.7. The third-order valence-electron chi connectivity index (χ3n) is 11.7. The van der Waals surface area contributed by atoms with Crippen LogP contribution in [0.15, 0.2) is 176 Å². The maximum Gasteiger partial charge on any atom is 0.136 e. The van der Waals surface area contributed by atoms with Crippen LogP contribution in [0.25, 0.3) is 44.8 Å². The van der Waals surface area contributed by atoms with Crippen molar-refractivity contribution >= 4 is 17.2 Å². The molecule has 0 aliphatic heterocycles. The van der Waals surface area contributed by atoms with Gasteiger partial charge in [-0.05, 0) is 104 Å². The molecule has 0 atom stereocenters. The van der Waals surface area contributed by atoms with Crippen molar-refractivity contribution < 1.29 is 26.2 Å². The second-order valence-corrected chi connectivity index (χ2v) is 18.5. The quantitative estimate of drug-likeness (QED) is 0.146. The van der Waals surface area contributed by atoms with Crippen molar-refractivity contribution in [1.82, 2.24) is 9.97 Å². The number of aromatic nitrogens is 2. The zero-order valence-corrected chi connectivity index (χ0v) is 39.1. The van der Waals surface area contributed by atoms with Crippen LogP contribution in [0.5, 0.6) is 5.75 Å². The van der Waals surface area contributed by atoms with Crippen LogP contribution in [0.2, 0.25) is 0 Å². The van der Waals surface area contributed by atoms with Crippen LogP contribution in [0.4, 0.5) is 17.2 Å². The number of pyridine rings is 2. The molecule has 314 valence electrons. The summed E-state index contributed by atoms with van der Waals surface area (Å²) in [6.45, 7) is 17.9. The largest absolute Gasteiger partial charge is 0.507 e. The third-order valence-corrected chi connectivity index (χ3v) is 11.7. The van der Waals surface area contributed by atoms with Crippen LogP contribution in [0, 0.1) is 6.07 Å². The number of phenolic OH excluding ortho intramolecular Hbond substituents is 1. The fourth-order valence-electron chi connectivity index (χ4n) is 7.87. The second-order valence-electron chi connectivity index (χ2n) is 18.5. The van der Waals surface area contributed by atoms with Gasteiger partial charge in [0.05, 0.1) is 5.69 Å². The molecule has 0 saturated heterocycles. The fraction of sp³-hybridized carbons (Fsp3) is 0.193. The molecular weight excluding hydrogens is 938 g/mol. The van der Waals surface area contributed by atoms with Crippen molar-refractivity contribution in [3.63, 3.8) is 0 Å². The molecule has 0 unspecified atom stereocenters. The molecule has 0 bridgehead atoms. The van der Waals surface area contributed by atoms with Crippen molar-refractivity contribution in [3.05, 3.63) is 204 Å². The smallest absolute Gasteiger partial charge is 0.136 e. The van der Waals surface area contributed by atoms with Gasteiger partial charge in [-0.25, -0.2) is 4.98 Å². The first-order valence-electron chi connectivity index (χ1n) is 21.1. The molecule has 0 fully saturated rings. The van der Waals surface area contributed by atoms with Gasteiger partial charge in [-0.15, -0.1) is 29.3 Å². The Morgan fingerprint density at radius 3 is 1.66 bits per heavy atom. The SMILES string of the molecule is CC(C)(C)c1ccc(-c2cc(-c3[c-]c(N(c4ccc(C(C)(C)c5ccccc5)cc4)c4ccccn4)cc(C(C)(C)C)c3)nc(-c3ccc(-c4ccccc4)cc3O)c2)cc1.[Pt]. The predicted octanol–water partition coefficient (Wildman–Crippen LogP) is 15.0. The van der Waals surface area contributed by atoms with Crippen molar-refractivity contribution in [1.29, 1.82) is 0 Å². The minimum atomic E-state index is -0.202. The Morgan fingerprint density at radius 1 is 0.484 bits per heavy atom. The number of nitrogens with zero attached hydrogens (tertiary/aromatic N) is 3. The first kappa shape index (κ1) is 44.0. The molecule has 2 aromatic heterocycles. The minimum Gasteiger partial charge on any atom is -0.507 e. The molecule has 62 heavy (non-hydrogen) atoms. The summed E-state index contributed by atoms with van der Waals surface area (Å²) in [5.41, 5.74) is 13.4. The molecule has 2 heterocycles. The number of benzene rings is 6. The Hall–Kier alpha value is -6.09. The van der Waals surface area contributed by atoms with E-state index in [1.807, 2.05) is 54.7 Å². The predicted molar refractivity (Wildman–Crippen MR) is 255 cm³/mol. The van der Waals surface area contributed by atoms with Crippen LogP contribution in [0.3, 0.4) is 0 Å². The number of aromatic hydroxyl groups is 1. The monoisotopic (exact) mass is 991 g/mol. The first-order chi connectivity index (χ1) is 29.1. The van der Waals surface area contributed by atoms with Gasteiger partial charge in [0.15, 0.2) is 0 Å². The summed E-state index contributed by atoms with van der Waals surface area (Å²) >= 11 is 0. The molecule has 0 amide bonds. The zero-order valence-electron chi connectivity index (χ0n) is 36.8. The van der Waals surface area contributed by atoms with Crippen LogP contribution in [-0.4, -0.2) is 15.1 Å². The van der Waals surface area contributed by atoms with E-state index >= 15 is 0 Å². The number of phenols is 1. The van der Waals surface area contributed by atoms with E-state index in [4.69, 9.17) is 9.97 Å². The minimum absolute atomic E-state index is 0. The first-order valence-corrected chi connectivity index (χ1v) is 21.1. The molecular formula is C57H54N3OPt-. The van der Waals surface area contributed by atoms with Gasteiger partial charge in [0.1, 0.15) is 11.6 Å². The van der Waals surface area contributed by atoms with Gasteiger partial charge in [0.25, 0.3) is 0 Å². The van der Waals surface area contributed by atoms with Crippen LogP contribution in [-0.2, 0) is 37.3 Å². The molecule has 0 spiro atoms. The average Bonchev–Trinajstić information content (AvgIpc) is 3.27. The van der Waals surface area contributed by atoms with E-state index in [1.54, 1.807) is 0 Å². The van der Waals surface area contributed by atoms with Crippen LogP contribution < -0.4 is 4.90 Å². The topological polar surface area (TPSA) is 49.2 Å². The van der Waals surface area contributed by atoms with Gasteiger partial charge in [0.2, 0.25) is 0 Å². The molecule has 0 saturated carbocycles. The third kappa shape index (κ3) is 9.37. The Kier molecular flexibility index (Phi) is 12.6. The van der Waals surface area contributed by atoms with E-state index in [0.29, 0.717) is 11.3 Å². The Morgan fingerprint density at radius 2 is 1.05 bits per heavy atom. The van der Waals surface area contributed by atoms with Gasteiger partial charge < -0.3 is 10.0 Å². The number of hydrogen-bond acceptors (Lipinski definition) is 4. The summed E-state index contributed by atoms with van der Waals surface area (Å²) in [4.78, 5) is 12.4. The molecule has 8 aromatic rings. The summed E-state index contributed by atoms with van der Waals surface area (Å²) in [7, 11) is 0. The molecule has 5 heteroatoms. The molecule has 1 N–H and O–H groups in total. The number of rotatable bonds is 9. The van der Waals surface area contributed by atoms with E-state index < -0.39 is 0 Å². The molecule has 4 nitrogen and oxygen atoms in total. The molecule has 6 aromatic carbocycles. The molecule has 0 radical (unpaired) electrons. The van der Waals surface area contributed by atoms with E-state index in [1.165, 1.54) is 16.7 Å². The van der Waals surface area contributed by atoms with Gasteiger partial charge in [-0.1, -0.05) is 171 Å². The van der Waals surface area contributed by atoms with Crippen molar-refractivity contribution in [2.45, 2.75) is 71.6 Å². The van der Waals surface area contributed by atoms with Crippen molar-refractivity contribution in [2.75, 3.05) is 4.90 Å². The summed E-state index contributed by atoms with van der Waals surface area (Å²) < 4.78 is 0. The van der Waals surface area contributed by atoms with Gasteiger partial charge in [0, 0.05) is 43.9 Å². The Labute approximate surface area is 382 Å². The Bertz CT molecular complexity index is 2770. The molecule has 0 aliphatic carbocycles.